The van der Waals surface area contributed by atoms with E-state index in [4.69, 9.17) is 9.47 Å². The molecule has 1 aromatic heterocycles. The summed E-state index contributed by atoms with van der Waals surface area (Å²) in [5.41, 5.74) is 1.23. The molecule has 1 saturated heterocycles. The molecule has 2 aliphatic rings. The summed E-state index contributed by atoms with van der Waals surface area (Å²) < 4.78 is 16.0. The average Bonchev–Trinajstić information content (AvgIpc) is 3.50. The molecule has 2 aliphatic heterocycles. The topological polar surface area (TPSA) is 136 Å². The van der Waals surface area contributed by atoms with E-state index in [0.717, 1.165) is 21.8 Å². The standard InChI is InChI=1S/C25H22N4O7S/c1-34-23(32)16-13-37-24(26-16)28-21(30)17(12-14-6-3-2-4-7-14)29-22(31)19(27-25(29)33)15-8-5-9-18-20(15)36-11-10-35-18/h2-9,13,17,19H,10-12H2,1H3,(H,27,33)(H,26,28,30)/t17-,19?/m0/s1. The molecule has 0 bridgehead atoms. The number of nitrogens with one attached hydrogen (secondary N) is 2. The predicted octanol–water partition coefficient (Wildman–Crippen LogP) is 2.54. The fourth-order valence-corrected chi connectivity index (χ4v) is 4.86. The van der Waals surface area contributed by atoms with E-state index in [9.17, 15) is 19.2 Å². The van der Waals surface area contributed by atoms with Crippen LogP contribution in [0.4, 0.5) is 9.93 Å². The number of para-hydroxylation sites is 1. The Bertz CT molecular complexity index is 1360. The van der Waals surface area contributed by atoms with Crippen molar-refractivity contribution in [1.29, 1.82) is 0 Å². The van der Waals surface area contributed by atoms with Crippen molar-refractivity contribution in [2.24, 2.45) is 0 Å². The van der Waals surface area contributed by atoms with Gasteiger partial charge >= 0.3 is 12.0 Å². The predicted molar refractivity (Wildman–Crippen MR) is 132 cm³/mol. The van der Waals surface area contributed by atoms with Crippen molar-refractivity contribution >= 4 is 40.3 Å². The van der Waals surface area contributed by atoms with Gasteiger partial charge in [0.15, 0.2) is 22.3 Å². The van der Waals surface area contributed by atoms with E-state index in [1.807, 2.05) is 6.07 Å². The number of thiazole rings is 1. The van der Waals surface area contributed by atoms with Gasteiger partial charge in [-0.1, -0.05) is 42.5 Å². The average molecular weight is 523 g/mol. The van der Waals surface area contributed by atoms with E-state index in [0.29, 0.717) is 30.3 Å². The number of methoxy groups -OCH3 is 1. The van der Waals surface area contributed by atoms with Crippen molar-refractivity contribution in [1.82, 2.24) is 15.2 Å². The Hall–Kier alpha value is -4.45. The monoisotopic (exact) mass is 522 g/mol. The first-order valence-electron chi connectivity index (χ1n) is 11.4. The van der Waals surface area contributed by atoms with E-state index in [1.54, 1.807) is 42.5 Å². The number of aromatic nitrogens is 1. The number of nitrogens with zero attached hydrogens (tertiary/aromatic N) is 2. The van der Waals surface area contributed by atoms with Crippen molar-refractivity contribution in [3.8, 4) is 11.5 Å². The number of fused-ring (bicyclic) bond motifs is 1. The summed E-state index contributed by atoms with van der Waals surface area (Å²) in [6.45, 7) is 0.685. The van der Waals surface area contributed by atoms with Crippen molar-refractivity contribution in [2.75, 3.05) is 25.6 Å². The van der Waals surface area contributed by atoms with E-state index >= 15 is 0 Å². The molecule has 5 rings (SSSR count). The normalized spacial score (nSPS) is 17.2. The van der Waals surface area contributed by atoms with Crippen LogP contribution in [0.15, 0.2) is 53.9 Å². The van der Waals surface area contributed by atoms with Gasteiger partial charge in [0, 0.05) is 17.4 Å². The molecule has 190 valence electrons. The molecule has 0 saturated carbocycles. The first-order valence-corrected chi connectivity index (χ1v) is 12.2. The van der Waals surface area contributed by atoms with Crippen LogP contribution in [-0.4, -0.2) is 60.1 Å². The molecular formula is C25H22N4O7S. The van der Waals surface area contributed by atoms with Gasteiger partial charge < -0.3 is 24.8 Å². The fraction of sp³-hybridized carbons (Fsp3) is 0.240. The zero-order chi connectivity index (χ0) is 25.9. The van der Waals surface area contributed by atoms with Crippen molar-refractivity contribution in [3.63, 3.8) is 0 Å². The largest absolute Gasteiger partial charge is 0.486 e. The Balaban J connectivity index is 1.44. The minimum atomic E-state index is -1.19. The minimum Gasteiger partial charge on any atom is -0.486 e. The van der Waals surface area contributed by atoms with Crippen LogP contribution in [-0.2, 0) is 20.7 Å². The number of amides is 4. The van der Waals surface area contributed by atoms with Gasteiger partial charge in [-0.2, -0.15) is 0 Å². The second-order valence-corrected chi connectivity index (χ2v) is 9.04. The van der Waals surface area contributed by atoms with Crippen molar-refractivity contribution in [2.45, 2.75) is 18.5 Å². The molecule has 11 nitrogen and oxygen atoms in total. The lowest BCUT2D eigenvalue weighted by Gasteiger charge is -2.25. The molecule has 2 aromatic carbocycles. The number of carbonyl (C=O) groups is 4. The number of imide groups is 1. The summed E-state index contributed by atoms with van der Waals surface area (Å²) in [6.07, 6.45) is 0.0697. The number of urea groups is 1. The number of benzene rings is 2. The summed E-state index contributed by atoms with van der Waals surface area (Å²) in [6, 6.07) is 11.2. The van der Waals surface area contributed by atoms with Gasteiger partial charge in [-0.3, -0.25) is 9.59 Å². The molecule has 2 atom stereocenters. The Kier molecular flexibility index (Phi) is 6.73. The highest BCUT2D eigenvalue weighted by Crippen LogP contribution is 2.39. The van der Waals surface area contributed by atoms with E-state index < -0.39 is 35.9 Å². The van der Waals surface area contributed by atoms with Crippen molar-refractivity contribution in [3.05, 3.63) is 70.7 Å². The molecule has 0 aliphatic carbocycles. The van der Waals surface area contributed by atoms with Crippen LogP contribution in [0.2, 0.25) is 0 Å². The van der Waals surface area contributed by atoms with E-state index in [-0.39, 0.29) is 17.2 Å². The number of esters is 1. The fourth-order valence-electron chi connectivity index (χ4n) is 4.18. The summed E-state index contributed by atoms with van der Waals surface area (Å²) >= 11 is 1.02. The third kappa shape index (κ3) is 4.83. The van der Waals surface area contributed by atoms with Gasteiger partial charge in [0.05, 0.1) is 7.11 Å². The Morgan fingerprint density at radius 2 is 1.95 bits per heavy atom. The van der Waals surface area contributed by atoms with Gasteiger partial charge in [0.1, 0.15) is 25.3 Å². The third-order valence-corrected chi connectivity index (χ3v) is 6.65. The molecule has 4 amide bonds. The SMILES string of the molecule is COC(=O)c1csc(NC(=O)[C@H](Cc2ccccc2)N2C(=O)NC(c3cccc4c3OCCO4)C2=O)n1. The Labute approximate surface area is 215 Å². The summed E-state index contributed by atoms with van der Waals surface area (Å²) in [4.78, 5) is 56.9. The highest BCUT2D eigenvalue weighted by atomic mass is 32.1. The van der Waals surface area contributed by atoms with E-state index in [1.165, 1.54) is 12.5 Å². The highest BCUT2D eigenvalue weighted by molar-refractivity contribution is 7.14. The molecule has 0 radical (unpaired) electrons. The molecular weight excluding hydrogens is 500 g/mol. The van der Waals surface area contributed by atoms with Gasteiger partial charge in [-0.25, -0.2) is 19.5 Å². The summed E-state index contributed by atoms with van der Waals surface area (Å²) in [5.74, 6) is -1.01. The maximum absolute atomic E-state index is 13.6. The Morgan fingerprint density at radius 3 is 2.73 bits per heavy atom. The molecule has 0 spiro atoms. The summed E-state index contributed by atoms with van der Waals surface area (Å²) in [5, 5.41) is 6.88. The number of anilines is 1. The molecule has 12 heteroatoms. The van der Waals surface area contributed by atoms with Crippen LogP contribution in [0.1, 0.15) is 27.7 Å². The number of rotatable bonds is 7. The molecule has 3 heterocycles. The van der Waals surface area contributed by atoms with Gasteiger partial charge in [-0.05, 0) is 11.6 Å². The molecule has 3 aromatic rings. The maximum Gasteiger partial charge on any atom is 0.357 e. The van der Waals surface area contributed by atoms with Gasteiger partial charge in [0.25, 0.3) is 5.91 Å². The van der Waals surface area contributed by atoms with Crippen LogP contribution in [0, 0.1) is 0 Å². The maximum atomic E-state index is 13.6. The quantitative estimate of drug-likeness (QED) is 0.357. The zero-order valence-electron chi connectivity index (χ0n) is 19.6. The van der Waals surface area contributed by atoms with Crippen LogP contribution in [0.5, 0.6) is 11.5 Å². The van der Waals surface area contributed by atoms with Crippen LogP contribution < -0.4 is 20.1 Å². The highest BCUT2D eigenvalue weighted by Gasteiger charge is 2.46. The lowest BCUT2D eigenvalue weighted by molar-refractivity contribution is -0.134. The first-order chi connectivity index (χ1) is 18.0. The lowest BCUT2D eigenvalue weighted by atomic mass is 10.0. The van der Waals surface area contributed by atoms with E-state index in [2.05, 4.69) is 20.4 Å². The third-order valence-electron chi connectivity index (χ3n) is 5.89. The second kappa shape index (κ2) is 10.3. The lowest BCUT2D eigenvalue weighted by Crippen LogP contribution is -2.49. The number of hydrogen-bond acceptors (Lipinski definition) is 9. The van der Waals surface area contributed by atoms with Gasteiger partial charge in [0.2, 0.25) is 5.91 Å². The Morgan fingerprint density at radius 1 is 1.16 bits per heavy atom. The second-order valence-electron chi connectivity index (χ2n) is 8.19. The van der Waals surface area contributed by atoms with Crippen LogP contribution in [0.25, 0.3) is 0 Å². The minimum absolute atomic E-state index is 0.0357. The van der Waals surface area contributed by atoms with Crippen LogP contribution >= 0.6 is 11.3 Å². The molecule has 37 heavy (non-hydrogen) atoms. The smallest absolute Gasteiger partial charge is 0.357 e. The number of carbonyl (C=O) groups excluding carboxylic acids is 4. The number of ether oxygens (including phenoxy) is 3. The molecule has 1 unspecified atom stereocenters. The molecule has 1 fully saturated rings. The first kappa shape index (κ1) is 24.3. The number of hydrogen-bond donors (Lipinski definition) is 2. The van der Waals surface area contributed by atoms with Crippen LogP contribution in [0.3, 0.4) is 0 Å². The van der Waals surface area contributed by atoms with Gasteiger partial charge in [-0.15, -0.1) is 11.3 Å². The summed E-state index contributed by atoms with van der Waals surface area (Å²) in [7, 11) is 1.23. The van der Waals surface area contributed by atoms with Crippen molar-refractivity contribution < 1.29 is 33.4 Å². The molecule has 2 N–H and O–H groups in total. The zero-order valence-corrected chi connectivity index (χ0v) is 20.4.